The van der Waals surface area contributed by atoms with Crippen molar-refractivity contribution >= 4 is 58.5 Å². The van der Waals surface area contributed by atoms with Crippen molar-refractivity contribution in [3.8, 4) is 11.5 Å². The molecule has 0 radical (unpaired) electrons. The SMILES string of the molecule is Cc1cc(C(C)(C)C)c(OCC(=O)OCCOC(=O)COc2c(C(C)(C)C)cc(C)c(C(=O)P(=O)(c3ccccc3)c3ccccc3)c2C)c(C)c1C(=O)P(=O)(c1ccccc1)c1ccccc1. The lowest BCUT2D eigenvalue weighted by atomic mass is 9.83. The molecular formula is C56H60O10P2. The second-order valence-electron chi connectivity index (χ2n) is 18.8. The van der Waals surface area contributed by atoms with Gasteiger partial charge in [-0.2, -0.15) is 0 Å². The predicted molar refractivity (Wildman–Crippen MR) is 270 cm³/mol. The summed E-state index contributed by atoms with van der Waals surface area (Å²) >= 11 is 0. The number of ether oxygens (including phenoxy) is 4. The topological polar surface area (TPSA) is 139 Å². The van der Waals surface area contributed by atoms with Crippen molar-refractivity contribution in [2.75, 3.05) is 26.4 Å². The maximum atomic E-state index is 15.1. The normalized spacial score (nSPS) is 12.0. The number of rotatable bonds is 17. The highest BCUT2D eigenvalue weighted by Gasteiger charge is 2.41. The predicted octanol–water partition coefficient (Wildman–Crippen LogP) is 10.4. The summed E-state index contributed by atoms with van der Waals surface area (Å²) in [5, 5.41) is 1.63. The van der Waals surface area contributed by atoms with E-state index in [0.717, 1.165) is 11.1 Å². The van der Waals surface area contributed by atoms with Gasteiger partial charge in [0.2, 0.25) is 25.3 Å². The molecule has 0 aliphatic heterocycles. The second-order valence-corrected chi connectivity index (χ2v) is 24.1. The van der Waals surface area contributed by atoms with Crippen molar-refractivity contribution in [3.63, 3.8) is 0 Å². The van der Waals surface area contributed by atoms with Gasteiger partial charge < -0.3 is 28.1 Å². The van der Waals surface area contributed by atoms with Crippen molar-refractivity contribution in [1.82, 2.24) is 0 Å². The van der Waals surface area contributed by atoms with E-state index in [9.17, 15) is 19.2 Å². The fraction of sp³-hybridized carbons (Fsp3) is 0.286. The zero-order chi connectivity index (χ0) is 49.6. The third-order valence-corrected chi connectivity index (χ3v) is 17.5. The molecule has 6 aromatic rings. The number of carbonyl (C=O) groups is 4. The van der Waals surface area contributed by atoms with Crippen LogP contribution < -0.4 is 30.7 Å². The van der Waals surface area contributed by atoms with Gasteiger partial charge in [-0.05, 0) is 49.7 Å². The third kappa shape index (κ3) is 10.7. The minimum absolute atomic E-state index is 0.254. The molecule has 0 heterocycles. The Labute approximate surface area is 400 Å². The van der Waals surface area contributed by atoms with Crippen LogP contribution in [0.4, 0.5) is 0 Å². The molecule has 0 spiro atoms. The molecule has 10 nitrogen and oxygen atoms in total. The van der Waals surface area contributed by atoms with Gasteiger partial charge in [0, 0.05) is 54.6 Å². The summed E-state index contributed by atoms with van der Waals surface area (Å²) in [6.45, 7) is 17.4. The molecule has 12 heteroatoms. The molecular weight excluding hydrogens is 895 g/mol. The third-order valence-electron chi connectivity index (χ3n) is 11.8. The molecule has 0 aromatic heterocycles. The summed E-state index contributed by atoms with van der Waals surface area (Å²) in [4.78, 5) is 55.6. The van der Waals surface area contributed by atoms with Crippen molar-refractivity contribution in [2.24, 2.45) is 0 Å². The zero-order valence-corrected chi connectivity index (χ0v) is 42.3. The number of hydrogen-bond acceptors (Lipinski definition) is 10. The minimum atomic E-state index is -3.86. The Kier molecular flexibility index (Phi) is 15.7. The molecule has 0 bridgehead atoms. The van der Waals surface area contributed by atoms with Crippen LogP contribution in [0.5, 0.6) is 11.5 Å². The van der Waals surface area contributed by atoms with E-state index >= 15 is 9.13 Å². The van der Waals surface area contributed by atoms with E-state index < -0.39 is 61.3 Å². The van der Waals surface area contributed by atoms with Gasteiger partial charge in [-0.3, -0.25) is 9.59 Å². The standard InChI is InChI=1S/C56H60O10P2/c1-37-33-45(55(5,6)7)51(39(3)49(37)53(59)67(61,41-23-15-11-16-24-41)42-25-17-12-18-26-42)65-35-47(57)63-31-32-64-48(58)36-66-52-40(4)50(38(2)34-46(52)56(8,9)10)54(60)68(62,43-27-19-13-20-28-43)44-29-21-14-22-30-44/h11-30,33-34H,31-32,35-36H2,1-10H3. The average molecular weight is 955 g/mol. The molecule has 0 unspecified atom stereocenters. The Balaban J connectivity index is 1.14. The number of carbonyl (C=O) groups excluding carboxylic acids is 4. The first-order valence-corrected chi connectivity index (χ1v) is 25.9. The molecule has 0 aliphatic rings. The van der Waals surface area contributed by atoms with E-state index in [2.05, 4.69) is 0 Å². The summed E-state index contributed by atoms with van der Waals surface area (Å²) in [5.74, 6) is -0.855. The Bertz CT molecular complexity index is 2630. The Hall–Kier alpha value is -6.34. The Morgan fingerprint density at radius 1 is 0.441 bits per heavy atom. The number of aryl methyl sites for hydroxylation is 2. The molecule has 6 aromatic carbocycles. The van der Waals surface area contributed by atoms with E-state index in [4.69, 9.17) is 18.9 Å². The highest BCUT2D eigenvalue weighted by Crippen LogP contribution is 2.51. The maximum Gasteiger partial charge on any atom is 0.344 e. The van der Waals surface area contributed by atoms with Crippen LogP contribution in [0.2, 0.25) is 0 Å². The van der Waals surface area contributed by atoms with E-state index in [0.29, 0.717) is 55.0 Å². The maximum absolute atomic E-state index is 15.1. The molecule has 0 aliphatic carbocycles. The van der Waals surface area contributed by atoms with Crippen LogP contribution in [-0.4, -0.2) is 49.4 Å². The fourth-order valence-corrected chi connectivity index (χ4v) is 13.6. The summed E-state index contributed by atoms with van der Waals surface area (Å²) in [7, 11) is -7.73. The van der Waals surface area contributed by atoms with Gasteiger partial charge in [-0.15, -0.1) is 0 Å². The minimum Gasteiger partial charge on any atom is -0.481 e. The fourth-order valence-electron chi connectivity index (χ4n) is 8.37. The lowest BCUT2D eigenvalue weighted by molar-refractivity contribution is -0.154. The molecule has 6 rings (SSSR count). The highest BCUT2D eigenvalue weighted by molar-refractivity contribution is 7.94. The zero-order valence-electron chi connectivity index (χ0n) is 40.5. The van der Waals surface area contributed by atoms with E-state index in [1.54, 1.807) is 135 Å². The van der Waals surface area contributed by atoms with E-state index in [1.165, 1.54) is 0 Å². The Morgan fingerprint density at radius 3 is 0.956 bits per heavy atom. The van der Waals surface area contributed by atoms with Gasteiger partial charge in [-0.25, -0.2) is 9.59 Å². The van der Waals surface area contributed by atoms with Gasteiger partial charge in [0.05, 0.1) is 0 Å². The average Bonchev–Trinajstić information content (AvgIpc) is 3.31. The van der Waals surface area contributed by atoms with Gasteiger partial charge in [0.15, 0.2) is 13.2 Å². The molecule has 0 atom stereocenters. The van der Waals surface area contributed by atoms with Crippen LogP contribution >= 0.6 is 14.3 Å². The lowest BCUT2D eigenvalue weighted by Crippen LogP contribution is -2.26. The van der Waals surface area contributed by atoms with Gasteiger partial charge >= 0.3 is 11.9 Å². The quantitative estimate of drug-likeness (QED) is 0.0493. The Morgan fingerprint density at radius 2 is 0.706 bits per heavy atom. The molecule has 0 saturated carbocycles. The smallest absolute Gasteiger partial charge is 0.344 e. The summed E-state index contributed by atoms with van der Waals surface area (Å²) in [5.41, 5.74) is 2.14. The molecule has 0 N–H and O–H groups in total. The van der Waals surface area contributed by atoms with Crippen LogP contribution in [0.1, 0.15) is 95.6 Å². The van der Waals surface area contributed by atoms with Crippen molar-refractivity contribution in [3.05, 3.63) is 178 Å². The lowest BCUT2D eigenvalue weighted by Gasteiger charge is -2.28. The van der Waals surface area contributed by atoms with E-state index in [-0.39, 0.29) is 24.3 Å². The monoisotopic (exact) mass is 954 g/mol. The van der Waals surface area contributed by atoms with Crippen molar-refractivity contribution in [2.45, 2.75) is 80.1 Å². The molecule has 0 saturated heterocycles. The summed E-state index contributed by atoms with van der Waals surface area (Å²) < 4.78 is 53.3. The van der Waals surface area contributed by atoms with Crippen molar-refractivity contribution in [1.29, 1.82) is 0 Å². The largest absolute Gasteiger partial charge is 0.481 e. The number of hydrogen-bond donors (Lipinski definition) is 0. The van der Waals surface area contributed by atoms with Crippen molar-refractivity contribution < 1.29 is 47.3 Å². The first-order valence-electron chi connectivity index (χ1n) is 22.5. The molecule has 0 fully saturated rings. The van der Waals surface area contributed by atoms with Crippen LogP contribution in [0, 0.1) is 27.7 Å². The van der Waals surface area contributed by atoms with Crippen LogP contribution in [0.3, 0.4) is 0 Å². The molecule has 0 amide bonds. The first-order chi connectivity index (χ1) is 32.1. The highest BCUT2D eigenvalue weighted by atomic mass is 31.2. The van der Waals surface area contributed by atoms with Gasteiger partial charge in [0.25, 0.3) is 0 Å². The first kappa shape index (κ1) is 51.1. The van der Waals surface area contributed by atoms with Gasteiger partial charge in [0.1, 0.15) is 24.7 Å². The molecule has 68 heavy (non-hydrogen) atoms. The van der Waals surface area contributed by atoms with E-state index in [1.807, 2.05) is 67.5 Å². The van der Waals surface area contributed by atoms with Crippen LogP contribution in [0.15, 0.2) is 133 Å². The second kappa shape index (κ2) is 20.9. The number of esters is 2. The van der Waals surface area contributed by atoms with Crippen LogP contribution in [-0.2, 0) is 39.0 Å². The van der Waals surface area contributed by atoms with Crippen LogP contribution in [0.25, 0.3) is 0 Å². The number of benzene rings is 6. The summed E-state index contributed by atoms with van der Waals surface area (Å²) in [6, 6.07) is 38.5. The van der Waals surface area contributed by atoms with Gasteiger partial charge in [-0.1, -0.05) is 175 Å². The molecule has 354 valence electrons. The summed E-state index contributed by atoms with van der Waals surface area (Å²) in [6.07, 6.45) is 0.